The quantitative estimate of drug-likeness (QED) is 0.572. The van der Waals surface area contributed by atoms with Crippen molar-refractivity contribution in [2.45, 2.75) is 19.3 Å². The molecular weight excluding hydrogens is 308 g/mol. The number of nitrogens with two attached hydrogens (primary N) is 1. The zero-order valence-corrected chi connectivity index (χ0v) is 13.4. The number of hydrogen-bond donors (Lipinski definition) is 3. The molecule has 1 fully saturated rings. The largest absolute Gasteiger partial charge is 0.370 e. The molecule has 1 aliphatic heterocycles. The highest BCUT2D eigenvalue weighted by Crippen LogP contribution is 2.16. The van der Waals surface area contributed by atoms with E-state index in [1.165, 1.54) is 5.56 Å². The fraction of sp³-hybridized carbons (Fsp3) is 0.429. The second-order valence-corrected chi connectivity index (χ2v) is 5.86. The number of anilines is 1. The van der Waals surface area contributed by atoms with Crippen molar-refractivity contribution in [2.75, 3.05) is 23.5 Å². The number of carbonyl (C=O) groups is 1. The molecule has 0 atom stereocenters. The third-order valence-corrected chi connectivity index (χ3v) is 4.16. The zero-order valence-electron chi connectivity index (χ0n) is 11.8. The van der Waals surface area contributed by atoms with Crippen LogP contribution in [0.4, 0.5) is 5.69 Å². The van der Waals surface area contributed by atoms with Gasteiger partial charge in [0.05, 0.1) is 5.88 Å². The van der Waals surface area contributed by atoms with Crippen LogP contribution in [0.5, 0.6) is 0 Å². The first-order valence-corrected chi connectivity index (χ1v) is 7.86. The number of nitrogens with one attached hydrogen (secondary N) is 2. The van der Waals surface area contributed by atoms with Gasteiger partial charge in [-0.2, -0.15) is 0 Å². The summed E-state index contributed by atoms with van der Waals surface area (Å²) >= 11 is 1.82. The van der Waals surface area contributed by atoms with Crippen molar-refractivity contribution >= 4 is 41.7 Å². The molecule has 1 aliphatic rings. The lowest BCUT2D eigenvalue weighted by Crippen LogP contribution is -2.27. The van der Waals surface area contributed by atoms with Gasteiger partial charge in [-0.25, -0.2) is 0 Å². The minimum Gasteiger partial charge on any atom is -0.370 e. The van der Waals surface area contributed by atoms with E-state index in [9.17, 15) is 4.79 Å². The highest BCUT2D eigenvalue weighted by atomic mass is 35.5. The molecule has 1 heterocycles. The fourth-order valence-electron chi connectivity index (χ4n) is 2.12. The van der Waals surface area contributed by atoms with Crippen LogP contribution in [0.2, 0.25) is 0 Å². The van der Waals surface area contributed by atoms with E-state index in [-0.39, 0.29) is 24.3 Å². The van der Waals surface area contributed by atoms with Crippen molar-refractivity contribution in [3.63, 3.8) is 0 Å². The van der Waals surface area contributed by atoms with Crippen molar-refractivity contribution in [2.24, 2.45) is 5.73 Å². The summed E-state index contributed by atoms with van der Waals surface area (Å²) in [6.07, 6.45) is 2.39. The third-order valence-electron chi connectivity index (χ3n) is 3.19. The summed E-state index contributed by atoms with van der Waals surface area (Å²) in [7, 11) is 0. The molecule has 4 N–H and O–H groups in total. The number of hydrogen-bond acceptors (Lipinski definition) is 3. The summed E-state index contributed by atoms with van der Waals surface area (Å²) in [4.78, 5) is 13.8. The Hall–Kier alpha value is -1.40. The molecule has 7 heteroatoms. The first-order chi connectivity index (χ1) is 9.65. The number of aryl methyl sites for hydroxylation is 1. The molecule has 0 spiro atoms. The molecule has 0 aromatic heterocycles. The molecule has 0 radical (unpaired) electrons. The number of benzene rings is 1. The maximum Gasteiger partial charge on any atom is 0.223 e. The van der Waals surface area contributed by atoms with Gasteiger partial charge in [0.1, 0.15) is 0 Å². The summed E-state index contributed by atoms with van der Waals surface area (Å²) in [5.41, 5.74) is 7.27. The molecule has 1 aromatic carbocycles. The predicted octanol–water partition coefficient (Wildman–Crippen LogP) is 2.27. The number of rotatable bonds is 5. The van der Waals surface area contributed by atoms with Crippen LogP contribution in [0.15, 0.2) is 24.3 Å². The van der Waals surface area contributed by atoms with Crippen LogP contribution >= 0.6 is 24.2 Å². The third kappa shape index (κ3) is 5.85. The van der Waals surface area contributed by atoms with Gasteiger partial charge in [-0.3, -0.25) is 10.2 Å². The number of thioether (sulfide) groups is 1. The number of halogens is 1. The van der Waals surface area contributed by atoms with Crippen LogP contribution in [0.25, 0.3) is 0 Å². The topological polar surface area (TPSA) is 82.2 Å². The van der Waals surface area contributed by atoms with Gasteiger partial charge in [0, 0.05) is 24.4 Å². The van der Waals surface area contributed by atoms with E-state index in [2.05, 4.69) is 5.32 Å². The van der Waals surface area contributed by atoms with Gasteiger partial charge in [0.25, 0.3) is 0 Å². The Balaban J connectivity index is 0.00000220. The molecule has 1 saturated heterocycles. The molecule has 0 saturated carbocycles. The first kappa shape index (κ1) is 17.7. The molecule has 0 aliphatic carbocycles. The normalized spacial score (nSPS) is 13.6. The average molecular weight is 329 g/mol. The summed E-state index contributed by atoms with van der Waals surface area (Å²) < 4.78 is 0. The smallest absolute Gasteiger partial charge is 0.223 e. The van der Waals surface area contributed by atoms with E-state index in [4.69, 9.17) is 11.1 Å². The predicted molar refractivity (Wildman–Crippen MR) is 91.2 cm³/mol. The van der Waals surface area contributed by atoms with Crippen LogP contribution < -0.4 is 11.1 Å². The maximum atomic E-state index is 11.9. The standard InChI is InChI=1S/C14H20N4OS.ClH/c15-14(16)17-12-6-4-11(5-7-12)2-1-3-13(19)18-8-9-20-10-18;/h4-7H,1-3,8-10H2,(H4,15,16,17);1H. The van der Waals surface area contributed by atoms with E-state index in [1.54, 1.807) is 0 Å². The van der Waals surface area contributed by atoms with Gasteiger partial charge in [-0.1, -0.05) is 12.1 Å². The van der Waals surface area contributed by atoms with Crippen molar-refractivity contribution in [3.05, 3.63) is 29.8 Å². The van der Waals surface area contributed by atoms with E-state index in [0.29, 0.717) is 6.42 Å². The van der Waals surface area contributed by atoms with Gasteiger partial charge in [-0.15, -0.1) is 24.2 Å². The number of amides is 1. The molecule has 5 nitrogen and oxygen atoms in total. The Morgan fingerprint density at radius 1 is 1.38 bits per heavy atom. The molecule has 21 heavy (non-hydrogen) atoms. The summed E-state index contributed by atoms with van der Waals surface area (Å²) in [5, 5.41) is 9.89. The summed E-state index contributed by atoms with van der Waals surface area (Å²) in [6, 6.07) is 7.80. The number of nitrogens with zero attached hydrogens (tertiary/aromatic N) is 1. The minimum absolute atomic E-state index is 0. The molecular formula is C14H21ClN4OS. The molecule has 0 bridgehead atoms. The number of guanidine groups is 1. The maximum absolute atomic E-state index is 11.9. The van der Waals surface area contributed by atoms with Gasteiger partial charge in [0.15, 0.2) is 5.96 Å². The van der Waals surface area contributed by atoms with Crippen molar-refractivity contribution < 1.29 is 4.79 Å². The molecule has 1 amide bonds. The zero-order chi connectivity index (χ0) is 14.4. The van der Waals surface area contributed by atoms with E-state index in [0.717, 1.165) is 36.7 Å². The van der Waals surface area contributed by atoms with Crippen molar-refractivity contribution in [3.8, 4) is 0 Å². The van der Waals surface area contributed by atoms with Gasteiger partial charge in [0.2, 0.25) is 5.91 Å². The first-order valence-electron chi connectivity index (χ1n) is 6.70. The molecule has 0 unspecified atom stereocenters. The minimum atomic E-state index is -0.0631. The Morgan fingerprint density at radius 3 is 2.67 bits per heavy atom. The Labute approximate surface area is 135 Å². The average Bonchev–Trinajstić information content (AvgIpc) is 2.94. The van der Waals surface area contributed by atoms with Crippen molar-refractivity contribution in [1.29, 1.82) is 5.41 Å². The fourth-order valence-corrected chi connectivity index (χ4v) is 3.09. The van der Waals surface area contributed by atoms with E-state index < -0.39 is 0 Å². The van der Waals surface area contributed by atoms with Gasteiger partial charge in [-0.05, 0) is 30.5 Å². The Morgan fingerprint density at radius 2 is 2.10 bits per heavy atom. The Kier molecular flexibility index (Phi) is 7.39. The van der Waals surface area contributed by atoms with Crippen molar-refractivity contribution in [1.82, 2.24) is 4.90 Å². The second-order valence-electron chi connectivity index (χ2n) is 4.78. The highest BCUT2D eigenvalue weighted by molar-refractivity contribution is 7.99. The summed E-state index contributed by atoms with van der Waals surface area (Å²) in [6.45, 7) is 0.898. The van der Waals surface area contributed by atoms with Gasteiger partial charge >= 0.3 is 0 Å². The highest BCUT2D eigenvalue weighted by Gasteiger charge is 2.17. The van der Waals surface area contributed by atoms with E-state index in [1.807, 2.05) is 40.9 Å². The second kappa shape index (κ2) is 8.79. The lowest BCUT2D eigenvalue weighted by atomic mass is 10.1. The lowest BCUT2D eigenvalue weighted by Gasteiger charge is -2.14. The van der Waals surface area contributed by atoms with Crippen LogP contribution in [-0.4, -0.2) is 34.9 Å². The Bertz CT molecular complexity index is 474. The summed E-state index contributed by atoms with van der Waals surface area (Å²) in [5.74, 6) is 2.12. The molecule has 2 rings (SSSR count). The van der Waals surface area contributed by atoms with Crippen LogP contribution in [-0.2, 0) is 11.2 Å². The van der Waals surface area contributed by atoms with Crippen LogP contribution in [0.3, 0.4) is 0 Å². The monoisotopic (exact) mass is 328 g/mol. The van der Waals surface area contributed by atoms with E-state index >= 15 is 0 Å². The molecule has 116 valence electrons. The van der Waals surface area contributed by atoms with Crippen LogP contribution in [0.1, 0.15) is 18.4 Å². The SMILES string of the molecule is Cl.N=C(N)Nc1ccc(CCCC(=O)N2CCSC2)cc1. The number of carbonyl (C=O) groups excluding carboxylic acids is 1. The lowest BCUT2D eigenvalue weighted by molar-refractivity contribution is -0.129. The van der Waals surface area contributed by atoms with Crippen LogP contribution in [0, 0.1) is 5.41 Å². The van der Waals surface area contributed by atoms with Gasteiger partial charge < -0.3 is 16.0 Å². The molecule has 1 aromatic rings.